The van der Waals surface area contributed by atoms with E-state index in [0.717, 1.165) is 0 Å². The Hall–Kier alpha value is -3.43. The van der Waals surface area contributed by atoms with E-state index in [1.165, 1.54) is 15.0 Å². The van der Waals surface area contributed by atoms with Crippen molar-refractivity contribution in [3.63, 3.8) is 0 Å². The van der Waals surface area contributed by atoms with Crippen molar-refractivity contribution in [2.24, 2.45) is 0 Å². The van der Waals surface area contributed by atoms with Gasteiger partial charge in [0.15, 0.2) is 5.65 Å². The summed E-state index contributed by atoms with van der Waals surface area (Å²) in [5.41, 5.74) is 0.385. The topological polar surface area (TPSA) is 80.2 Å². The maximum absolute atomic E-state index is 12.8. The molecule has 26 heavy (non-hydrogen) atoms. The Bertz CT molecular complexity index is 1330. The molecule has 0 atom stereocenters. The first-order valence-corrected chi connectivity index (χ1v) is 8.16. The molecule has 0 saturated carbocycles. The fourth-order valence-corrected chi connectivity index (χ4v) is 3.09. The van der Waals surface area contributed by atoms with Crippen molar-refractivity contribution in [1.82, 2.24) is 14.0 Å². The smallest absolute Gasteiger partial charge is 0.270 e. The monoisotopic (exact) mass is 362 g/mol. The van der Waals surface area contributed by atoms with Crippen molar-refractivity contribution in [3.05, 3.63) is 91.6 Å². The van der Waals surface area contributed by atoms with Gasteiger partial charge in [-0.25, -0.2) is 4.98 Å². The second-order valence-corrected chi connectivity index (χ2v) is 6.14. The van der Waals surface area contributed by atoms with Gasteiger partial charge < -0.3 is 0 Å². The van der Waals surface area contributed by atoms with Gasteiger partial charge in [0.2, 0.25) is 0 Å². The van der Waals surface area contributed by atoms with Gasteiger partial charge in [0, 0.05) is 11.2 Å². The number of hydrogen-bond donors (Lipinski definition) is 0. The van der Waals surface area contributed by atoms with Gasteiger partial charge in [0.1, 0.15) is 17.3 Å². The van der Waals surface area contributed by atoms with Crippen LogP contribution in [-0.2, 0) is 6.54 Å². The average molecular weight is 363 g/mol. The van der Waals surface area contributed by atoms with E-state index in [-0.39, 0.29) is 28.7 Å². The van der Waals surface area contributed by atoms with Gasteiger partial charge in [0.05, 0.1) is 11.9 Å². The highest BCUT2D eigenvalue weighted by Crippen LogP contribution is 2.18. The molecular formula is C19H11ClN4O2. The molecule has 0 aliphatic heterocycles. The predicted octanol–water partition coefficient (Wildman–Crippen LogP) is 2.58. The Morgan fingerprint density at radius 1 is 1.08 bits per heavy atom. The van der Waals surface area contributed by atoms with Crippen LogP contribution in [0.5, 0.6) is 0 Å². The first-order chi connectivity index (χ1) is 12.6. The number of nitriles is 1. The number of halogens is 1. The normalized spacial score (nSPS) is 10.9. The maximum Gasteiger partial charge on any atom is 0.270 e. The molecule has 0 aliphatic carbocycles. The number of nitrogens with zero attached hydrogens (tertiary/aromatic N) is 4. The summed E-state index contributed by atoms with van der Waals surface area (Å²) in [5, 5.41) is 10.0. The van der Waals surface area contributed by atoms with E-state index < -0.39 is 5.56 Å². The van der Waals surface area contributed by atoms with E-state index in [0.29, 0.717) is 16.2 Å². The molecule has 0 amide bonds. The first kappa shape index (κ1) is 16.1. The van der Waals surface area contributed by atoms with Crippen molar-refractivity contribution in [2.75, 3.05) is 0 Å². The van der Waals surface area contributed by atoms with E-state index in [1.807, 2.05) is 6.07 Å². The van der Waals surface area contributed by atoms with Crippen LogP contribution in [0.2, 0.25) is 5.02 Å². The zero-order valence-corrected chi connectivity index (χ0v) is 14.1. The molecule has 4 rings (SSSR count). The molecule has 0 aliphatic rings. The summed E-state index contributed by atoms with van der Waals surface area (Å²) in [4.78, 5) is 30.0. The second kappa shape index (κ2) is 6.14. The van der Waals surface area contributed by atoms with Crippen molar-refractivity contribution < 1.29 is 0 Å². The first-order valence-electron chi connectivity index (χ1n) is 7.78. The van der Waals surface area contributed by atoms with E-state index in [1.54, 1.807) is 48.7 Å². The van der Waals surface area contributed by atoms with Crippen molar-refractivity contribution in [3.8, 4) is 6.07 Å². The van der Waals surface area contributed by atoms with Gasteiger partial charge in [-0.2, -0.15) is 5.26 Å². The number of rotatable bonds is 2. The Labute approximate surface area is 152 Å². The highest BCUT2D eigenvalue weighted by Gasteiger charge is 2.15. The van der Waals surface area contributed by atoms with Gasteiger partial charge in [0.25, 0.3) is 11.1 Å². The molecule has 0 saturated heterocycles. The average Bonchev–Trinajstić information content (AvgIpc) is 2.66. The molecule has 4 aromatic rings. The van der Waals surface area contributed by atoms with Crippen LogP contribution in [0.25, 0.3) is 16.7 Å². The highest BCUT2D eigenvalue weighted by molar-refractivity contribution is 6.31. The highest BCUT2D eigenvalue weighted by atomic mass is 35.5. The van der Waals surface area contributed by atoms with Gasteiger partial charge >= 0.3 is 0 Å². The third-order valence-corrected chi connectivity index (χ3v) is 4.54. The molecule has 0 N–H and O–H groups in total. The van der Waals surface area contributed by atoms with Crippen molar-refractivity contribution in [2.45, 2.75) is 6.54 Å². The lowest BCUT2D eigenvalue weighted by atomic mass is 10.2. The molecule has 0 unspecified atom stereocenters. The zero-order chi connectivity index (χ0) is 18.3. The van der Waals surface area contributed by atoms with Crippen LogP contribution in [-0.4, -0.2) is 14.0 Å². The van der Waals surface area contributed by atoms with E-state index in [2.05, 4.69) is 4.98 Å². The summed E-state index contributed by atoms with van der Waals surface area (Å²) in [6, 6.07) is 15.4. The standard InChI is InChI=1S/C19H11ClN4O2/c20-15-6-2-1-5-12(15)11-24-17-14(9-13(10-21)18(24)25)19(26)23-8-4-3-7-16(23)22-17/h1-9H,11H2. The fraction of sp³-hybridized carbons (Fsp3) is 0.0526. The van der Waals surface area contributed by atoms with Crippen LogP contribution in [0.4, 0.5) is 0 Å². The van der Waals surface area contributed by atoms with Crippen LogP contribution in [0.3, 0.4) is 0 Å². The van der Waals surface area contributed by atoms with Crippen LogP contribution < -0.4 is 11.1 Å². The Morgan fingerprint density at radius 2 is 1.85 bits per heavy atom. The molecule has 7 heteroatoms. The van der Waals surface area contributed by atoms with Crippen LogP contribution >= 0.6 is 11.6 Å². The van der Waals surface area contributed by atoms with E-state index in [4.69, 9.17) is 11.6 Å². The molecule has 6 nitrogen and oxygen atoms in total. The number of hydrogen-bond acceptors (Lipinski definition) is 4. The minimum absolute atomic E-state index is 0.111. The molecule has 0 spiro atoms. The summed E-state index contributed by atoms with van der Waals surface area (Å²) in [7, 11) is 0. The summed E-state index contributed by atoms with van der Waals surface area (Å²) in [5.74, 6) is 0. The summed E-state index contributed by atoms with van der Waals surface area (Å²) < 4.78 is 2.71. The van der Waals surface area contributed by atoms with Crippen LogP contribution in [0, 0.1) is 11.3 Å². The zero-order valence-electron chi connectivity index (χ0n) is 13.4. The predicted molar refractivity (Wildman–Crippen MR) is 98.5 cm³/mol. The molecule has 0 fully saturated rings. The molecular weight excluding hydrogens is 352 g/mol. The molecule has 126 valence electrons. The third-order valence-electron chi connectivity index (χ3n) is 4.18. The molecule has 3 aromatic heterocycles. The van der Waals surface area contributed by atoms with Crippen molar-refractivity contribution in [1.29, 1.82) is 5.26 Å². The number of benzene rings is 1. The Morgan fingerprint density at radius 3 is 2.62 bits per heavy atom. The lowest BCUT2D eigenvalue weighted by molar-refractivity contribution is 0.779. The third kappa shape index (κ3) is 2.46. The van der Waals surface area contributed by atoms with Crippen molar-refractivity contribution >= 4 is 28.3 Å². The molecule has 1 aromatic carbocycles. The minimum Gasteiger partial charge on any atom is -0.287 e. The molecule has 3 heterocycles. The van der Waals surface area contributed by atoms with Gasteiger partial charge in [-0.15, -0.1) is 0 Å². The number of aromatic nitrogens is 3. The maximum atomic E-state index is 12.8. The second-order valence-electron chi connectivity index (χ2n) is 5.74. The molecule has 0 bridgehead atoms. The lowest BCUT2D eigenvalue weighted by Crippen LogP contribution is -2.27. The summed E-state index contributed by atoms with van der Waals surface area (Å²) in [6.45, 7) is 0.111. The summed E-state index contributed by atoms with van der Waals surface area (Å²) >= 11 is 6.21. The SMILES string of the molecule is N#Cc1cc2c(=O)n3ccccc3nc2n(Cc2ccccc2Cl)c1=O. The molecule has 0 radical (unpaired) electrons. The fourth-order valence-electron chi connectivity index (χ4n) is 2.89. The lowest BCUT2D eigenvalue weighted by Gasteiger charge is -2.12. The van der Waals surface area contributed by atoms with E-state index >= 15 is 0 Å². The largest absolute Gasteiger partial charge is 0.287 e. The quantitative estimate of drug-likeness (QED) is 0.513. The summed E-state index contributed by atoms with van der Waals surface area (Å²) in [6.07, 6.45) is 1.60. The van der Waals surface area contributed by atoms with Gasteiger partial charge in [-0.1, -0.05) is 35.9 Å². The number of pyridine rings is 2. The van der Waals surface area contributed by atoms with Gasteiger partial charge in [-0.3, -0.25) is 18.6 Å². The number of fused-ring (bicyclic) bond motifs is 2. The Balaban J connectivity index is 2.12. The van der Waals surface area contributed by atoms with Crippen LogP contribution in [0.1, 0.15) is 11.1 Å². The Kier molecular flexibility index (Phi) is 3.79. The minimum atomic E-state index is -0.507. The van der Waals surface area contributed by atoms with Crippen LogP contribution in [0.15, 0.2) is 64.3 Å². The van der Waals surface area contributed by atoms with Gasteiger partial charge in [-0.05, 0) is 29.8 Å². The van der Waals surface area contributed by atoms with E-state index in [9.17, 15) is 14.9 Å².